The summed E-state index contributed by atoms with van der Waals surface area (Å²) >= 11 is 0. The molecule has 0 saturated carbocycles. The number of carbonyl (C=O) groups excluding carboxylic acids is 1. The molecule has 4 N–H and O–H groups in total. The van der Waals surface area contributed by atoms with E-state index in [2.05, 4.69) is 10.4 Å². The number of nitrogens with one attached hydrogen (secondary N) is 2. The second kappa shape index (κ2) is 5.96. The Morgan fingerprint density at radius 1 is 1.65 bits per heavy atom. The fourth-order valence-electron chi connectivity index (χ4n) is 2.61. The lowest BCUT2D eigenvalue weighted by molar-refractivity contribution is -0.133. The Bertz CT molecular complexity index is 521. The number of hydrogen-bond donors (Lipinski definition) is 3. The molecule has 2 atom stereocenters. The normalized spacial score (nSPS) is 20.8. The maximum atomic E-state index is 13.5. The van der Waals surface area contributed by atoms with E-state index in [0.29, 0.717) is 25.1 Å². The van der Waals surface area contributed by atoms with Gasteiger partial charge in [0.15, 0.2) is 0 Å². The van der Waals surface area contributed by atoms with Gasteiger partial charge in [-0.15, -0.1) is 0 Å². The van der Waals surface area contributed by atoms with Gasteiger partial charge in [-0.05, 0) is 24.6 Å². The Morgan fingerprint density at radius 2 is 2.40 bits per heavy atom. The molecule has 7 heteroatoms. The summed E-state index contributed by atoms with van der Waals surface area (Å²) in [5, 5.41) is 7.70. The molecular weight excluding hydrogens is 261 g/mol. The van der Waals surface area contributed by atoms with Gasteiger partial charge in [0.1, 0.15) is 5.82 Å². The molecule has 0 fully saturated rings. The summed E-state index contributed by atoms with van der Waals surface area (Å²) in [5.41, 5.74) is 8.35. The van der Waals surface area contributed by atoms with Crippen LogP contribution >= 0.6 is 0 Å². The van der Waals surface area contributed by atoms with E-state index in [0.717, 1.165) is 10.7 Å². The van der Waals surface area contributed by atoms with Crippen LogP contribution in [0.2, 0.25) is 0 Å². The van der Waals surface area contributed by atoms with E-state index in [1.165, 1.54) is 19.1 Å². The van der Waals surface area contributed by atoms with E-state index >= 15 is 0 Å². The third-order valence-corrected chi connectivity index (χ3v) is 3.61. The Kier molecular flexibility index (Phi) is 4.29. The number of hydrazine groups is 1. The van der Waals surface area contributed by atoms with Crippen molar-refractivity contribution in [1.29, 1.82) is 5.53 Å². The second-order valence-electron chi connectivity index (χ2n) is 4.91. The van der Waals surface area contributed by atoms with Crippen LogP contribution in [0.15, 0.2) is 23.3 Å². The van der Waals surface area contributed by atoms with Crippen molar-refractivity contribution in [3.63, 3.8) is 0 Å². The van der Waals surface area contributed by atoms with Crippen LogP contribution in [-0.4, -0.2) is 24.0 Å². The van der Waals surface area contributed by atoms with Crippen LogP contribution in [0.4, 0.5) is 10.1 Å². The monoisotopic (exact) mass is 279 g/mol. The number of benzene rings is 1. The number of carbonyl (C=O) groups is 1. The quantitative estimate of drug-likeness (QED) is 0.341. The van der Waals surface area contributed by atoms with Gasteiger partial charge < -0.3 is 5.32 Å². The predicted octanol–water partition coefficient (Wildman–Crippen LogP) is 2.05. The zero-order valence-corrected chi connectivity index (χ0v) is 11.3. The molecule has 1 amide bonds. The lowest BCUT2D eigenvalue weighted by atomic mass is 9.85. The summed E-state index contributed by atoms with van der Waals surface area (Å²) in [6.45, 7) is 2.35. The number of nitrogens with two attached hydrogens (primary N) is 1. The molecule has 20 heavy (non-hydrogen) atoms. The van der Waals surface area contributed by atoms with Crippen LogP contribution in [0, 0.1) is 17.3 Å². The van der Waals surface area contributed by atoms with Crippen LogP contribution in [0.25, 0.3) is 0 Å². The fourth-order valence-corrected chi connectivity index (χ4v) is 2.61. The molecule has 6 nitrogen and oxygen atoms in total. The maximum absolute atomic E-state index is 13.5. The van der Waals surface area contributed by atoms with Gasteiger partial charge in [-0.1, -0.05) is 0 Å². The summed E-state index contributed by atoms with van der Waals surface area (Å²) in [5.74, 6) is 5.23. The van der Waals surface area contributed by atoms with Gasteiger partial charge in [-0.3, -0.25) is 9.80 Å². The predicted molar refractivity (Wildman–Crippen MR) is 72.5 cm³/mol. The van der Waals surface area contributed by atoms with Gasteiger partial charge in [0.2, 0.25) is 5.91 Å². The molecule has 0 saturated heterocycles. The van der Waals surface area contributed by atoms with Crippen molar-refractivity contribution in [3.05, 3.63) is 29.6 Å². The van der Waals surface area contributed by atoms with Gasteiger partial charge >= 0.3 is 0 Å². The topological polar surface area (TPSA) is 94.6 Å². The maximum Gasteiger partial charge on any atom is 0.233 e. The van der Waals surface area contributed by atoms with Crippen molar-refractivity contribution < 1.29 is 9.18 Å². The lowest BCUT2D eigenvalue weighted by Crippen LogP contribution is -2.46. The zero-order chi connectivity index (χ0) is 14.7. The molecule has 0 bridgehead atoms. The highest BCUT2D eigenvalue weighted by atomic mass is 19.1. The zero-order valence-electron chi connectivity index (χ0n) is 11.3. The highest BCUT2D eigenvalue weighted by Gasteiger charge is 2.34. The number of nitrogens with zero attached hydrogens (tertiary/aromatic N) is 2. The number of anilines is 1. The molecule has 1 heterocycles. The number of fused-ring (bicyclic) bond motifs is 1. The van der Waals surface area contributed by atoms with Crippen molar-refractivity contribution in [2.45, 2.75) is 19.4 Å². The van der Waals surface area contributed by atoms with E-state index in [4.69, 9.17) is 11.4 Å². The molecule has 0 spiro atoms. The molecule has 0 aromatic heterocycles. The van der Waals surface area contributed by atoms with Crippen LogP contribution < -0.4 is 11.2 Å². The van der Waals surface area contributed by atoms with Gasteiger partial charge in [0.05, 0.1) is 12.6 Å². The minimum absolute atomic E-state index is 0.00713. The number of halogens is 1. The van der Waals surface area contributed by atoms with Crippen LogP contribution in [0.3, 0.4) is 0 Å². The highest BCUT2D eigenvalue weighted by Crippen LogP contribution is 2.38. The average molecular weight is 279 g/mol. The highest BCUT2D eigenvalue weighted by molar-refractivity contribution is 5.74. The minimum atomic E-state index is -0.402. The third kappa shape index (κ3) is 2.77. The van der Waals surface area contributed by atoms with Crippen molar-refractivity contribution in [2.24, 2.45) is 16.9 Å². The number of rotatable bonds is 4. The first kappa shape index (κ1) is 14.4. The van der Waals surface area contributed by atoms with Crippen molar-refractivity contribution >= 4 is 11.6 Å². The summed E-state index contributed by atoms with van der Waals surface area (Å²) in [6.07, 6.45) is 0.609. The molecule has 1 aromatic rings. The summed E-state index contributed by atoms with van der Waals surface area (Å²) < 4.78 is 13.5. The number of hydrogen-bond acceptors (Lipinski definition) is 5. The molecule has 2 rings (SSSR count). The van der Waals surface area contributed by atoms with Gasteiger partial charge in [-0.25, -0.2) is 15.8 Å². The third-order valence-electron chi connectivity index (χ3n) is 3.61. The first-order chi connectivity index (χ1) is 9.54. The molecule has 1 unspecified atom stereocenters. The summed E-state index contributed by atoms with van der Waals surface area (Å²) in [4.78, 5) is 11.6. The number of amides is 1. The van der Waals surface area contributed by atoms with Crippen LogP contribution in [0.1, 0.15) is 24.9 Å². The van der Waals surface area contributed by atoms with Gasteiger partial charge in [-0.2, -0.15) is 5.11 Å². The SMILES string of the molecule is CC(=O)N(N)C1c2cc(F)ccc2NC[C@@H]1CCN=N. The van der Waals surface area contributed by atoms with Crippen LogP contribution in [0.5, 0.6) is 0 Å². The molecule has 1 aliphatic rings. The van der Waals surface area contributed by atoms with Gasteiger partial charge in [0, 0.05) is 30.6 Å². The largest absolute Gasteiger partial charge is 0.384 e. The minimum Gasteiger partial charge on any atom is -0.384 e. The Labute approximate surface area is 116 Å². The van der Waals surface area contributed by atoms with E-state index in [1.807, 2.05) is 0 Å². The van der Waals surface area contributed by atoms with Crippen LogP contribution in [-0.2, 0) is 4.79 Å². The first-order valence-corrected chi connectivity index (χ1v) is 6.45. The van der Waals surface area contributed by atoms with Crippen molar-refractivity contribution in [2.75, 3.05) is 18.4 Å². The molecule has 1 aromatic carbocycles. The average Bonchev–Trinajstić information content (AvgIpc) is 2.43. The van der Waals surface area contributed by atoms with Crippen molar-refractivity contribution in [3.8, 4) is 0 Å². The molecule has 0 aliphatic carbocycles. The Balaban J connectivity index is 2.38. The fraction of sp³-hybridized carbons (Fsp3) is 0.462. The smallest absolute Gasteiger partial charge is 0.233 e. The molecule has 0 radical (unpaired) electrons. The van der Waals surface area contributed by atoms with E-state index in [9.17, 15) is 9.18 Å². The van der Waals surface area contributed by atoms with E-state index in [-0.39, 0.29) is 17.6 Å². The Hall–Kier alpha value is -2.02. The first-order valence-electron chi connectivity index (χ1n) is 6.45. The summed E-state index contributed by atoms with van der Waals surface area (Å²) in [6, 6.07) is 4.02. The Morgan fingerprint density at radius 3 is 3.05 bits per heavy atom. The van der Waals surface area contributed by atoms with Crippen molar-refractivity contribution in [1.82, 2.24) is 5.01 Å². The van der Waals surface area contributed by atoms with E-state index < -0.39 is 6.04 Å². The summed E-state index contributed by atoms with van der Waals surface area (Å²) in [7, 11) is 0. The van der Waals surface area contributed by atoms with Gasteiger partial charge in [0.25, 0.3) is 0 Å². The molecular formula is C13H18FN5O. The lowest BCUT2D eigenvalue weighted by Gasteiger charge is -2.38. The second-order valence-corrected chi connectivity index (χ2v) is 4.91. The standard InChI is InChI=1S/C13H18FN5O/c1-8(20)19(16)13-9(4-5-18-15)7-17-12-3-2-10(14)6-11(12)13/h2-3,6,9,13,15,17H,4-5,7,16H2,1H3/t9-,13?/m0/s1. The molecule has 1 aliphatic heterocycles. The molecule has 108 valence electrons. The van der Waals surface area contributed by atoms with E-state index in [1.54, 1.807) is 6.07 Å².